The lowest BCUT2D eigenvalue weighted by Crippen LogP contribution is -2.34. The number of hydrogen-bond donors (Lipinski definition) is 2. The second-order valence-corrected chi connectivity index (χ2v) is 5.56. The summed E-state index contributed by atoms with van der Waals surface area (Å²) in [7, 11) is 3.47. The van der Waals surface area contributed by atoms with Crippen molar-refractivity contribution in [2.75, 3.05) is 19.5 Å². The van der Waals surface area contributed by atoms with Gasteiger partial charge in [0.15, 0.2) is 0 Å². The lowest BCUT2D eigenvalue weighted by atomic mass is 10.2. The molecule has 1 amide bonds. The van der Waals surface area contributed by atoms with Crippen molar-refractivity contribution >= 4 is 27.7 Å². The van der Waals surface area contributed by atoms with Crippen molar-refractivity contribution < 1.29 is 9.53 Å². The van der Waals surface area contributed by atoms with Crippen LogP contribution in [0.3, 0.4) is 0 Å². The summed E-state index contributed by atoms with van der Waals surface area (Å²) in [5.74, 6) is 0.488. The molecule has 0 spiro atoms. The number of carbonyl (C=O) groups is 1. The summed E-state index contributed by atoms with van der Waals surface area (Å²) in [5, 5.41) is 5.97. The van der Waals surface area contributed by atoms with Gasteiger partial charge >= 0.3 is 0 Å². The normalized spacial score (nSPS) is 22.3. The zero-order chi connectivity index (χ0) is 13.8. The molecule has 19 heavy (non-hydrogen) atoms. The molecular formula is C13H18BrN3O2. The highest BCUT2D eigenvalue weighted by molar-refractivity contribution is 9.10. The fourth-order valence-corrected chi connectivity index (χ4v) is 2.69. The monoisotopic (exact) mass is 327 g/mol. The second-order valence-electron chi connectivity index (χ2n) is 4.64. The van der Waals surface area contributed by atoms with Gasteiger partial charge in [0.25, 0.3) is 5.91 Å². The Balaban J connectivity index is 2.06. The van der Waals surface area contributed by atoms with E-state index >= 15 is 0 Å². The Morgan fingerprint density at radius 2 is 2.32 bits per heavy atom. The van der Waals surface area contributed by atoms with Crippen LogP contribution in [0.15, 0.2) is 16.7 Å². The van der Waals surface area contributed by atoms with Crippen LogP contribution in [-0.4, -0.2) is 37.2 Å². The van der Waals surface area contributed by atoms with Crippen molar-refractivity contribution in [1.82, 2.24) is 10.3 Å². The van der Waals surface area contributed by atoms with Crippen molar-refractivity contribution in [3.05, 3.63) is 22.3 Å². The molecule has 0 bridgehead atoms. The van der Waals surface area contributed by atoms with Crippen molar-refractivity contribution in [1.29, 1.82) is 0 Å². The third-order valence-corrected chi connectivity index (χ3v) is 3.82. The van der Waals surface area contributed by atoms with Gasteiger partial charge in [0.2, 0.25) is 0 Å². The van der Waals surface area contributed by atoms with Crippen LogP contribution in [0.25, 0.3) is 0 Å². The van der Waals surface area contributed by atoms with Crippen LogP contribution < -0.4 is 10.6 Å². The van der Waals surface area contributed by atoms with Gasteiger partial charge in [-0.3, -0.25) is 4.79 Å². The predicted molar refractivity (Wildman–Crippen MR) is 77.4 cm³/mol. The zero-order valence-corrected chi connectivity index (χ0v) is 12.7. The number of methoxy groups -OCH3 is 1. The summed E-state index contributed by atoms with van der Waals surface area (Å²) in [5.41, 5.74) is 0.553. The number of halogens is 1. The molecular weight excluding hydrogens is 310 g/mol. The highest BCUT2D eigenvalue weighted by atomic mass is 79.9. The molecule has 6 heteroatoms. The van der Waals surface area contributed by atoms with E-state index < -0.39 is 0 Å². The zero-order valence-electron chi connectivity index (χ0n) is 11.1. The average Bonchev–Trinajstić information content (AvgIpc) is 2.86. The molecule has 0 aromatic carbocycles. The number of carbonyl (C=O) groups excluding carboxylic acids is 1. The standard InChI is InChI=1S/C13H18BrN3O2/c1-15-12-11(5-8(14)7-16-12)13(18)17-9-3-4-10(6-9)19-2/h5,7,9-10H,3-4,6H2,1-2H3,(H,15,16)(H,17,18). The maximum absolute atomic E-state index is 12.3. The Kier molecular flexibility index (Phi) is 4.76. The molecule has 1 aliphatic carbocycles. The van der Waals surface area contributed by atoms with Crippen LogP contribution in [0, 0.1) is 0 Å². The van der Waals surface area contributed by atoms with E-state index in [4.69, 9.17) is 4.74 Å². The Hall–Kier alpha value is -1.14. The summed E-state index contributed by atoms with van der Waals surface area (Å²) in [4.78, 5) is 16.5. The third kappa shape index (κ3) is 3.45. The molecule has 0 radical (unpaired) electrons. The van der Waals surface area contributed by atoms with E-state index in [2.05, 4.69) is 31.5 Å². The molecule has 2 unspecified atom stereocenters. The Bertz CT molecular complexity index is 467. The largest absolute Gasteiger partial charge is 0.381 e. The molecule has 5 nitrogen and oxygen atoms in total. The van der Waals surface area contributed by atoms with Crippen molar-refractivity contribution in [3.63, 3.8) is 0 Å². The van der Waals surface area contributed by atoms with Gasteiger partial charge < -0.3 is 15.4 Å². The van der Waals surface area contributed by atoms with E-state index in [0.29, 0.717) is 11.4 Å². The molecule has 0 aliphatic heterocycles. The molecule has 1 aliphatic rings. The maximum Gasteiger partial charge on any atom is 0.255 e. The average molecular weight is 328 g/mol. The van der Waals surface area contributed by atoms with Gasteiger partial charge in [-0.05, 0) is 41.3 Å². The highest BCUT2D eigenvalue weighted by Gasteiger charge is 2.26. The quantitative estimate of drug-likeness (QED) is 0.889. The first-order valence-corrected chi connectivity index (χ1v) is 7.10. The van der Waals surface area contributed by atoms with Gasteiger partial charge in [-0.25, -0.2) is 4.98 Å². The first-order chi connectivity index (χ1) is 9.13. The smallest absolute Gasteiger partial charge is 0.255 e. The minimum atomic E-state index is -0.0973. The second kappa shape index (κ2) is 6.34. The highest BCUT2D eigenvalue weighted by Crippen LogP contribution is 2.23. The van der Waals surface area contributed by atoms with E-state index in [9.17, 15) is 4.79 Å². The minimum Gasteiger partial charge on any atom is -0.381 e. The molecule has 1 aromatic heterocycles. The van der Waals surface area contributed by atoms with Gasteiger partial charge in [0.05, 0.1) is 11.7 Å². The summed E-state index contributed by atoms with van der Waals surface area (Å²) < 4.78 is 6.10. The Morgan fingerprint density at radius 3 is 2.95 bits per heavy atom. The van der Waals surface area contributed by atoms with Gasteiger partial charge in [-0.1, -0.05) is 0 Å². The fourth-order valence-electron chi connectivity index (χ4n) is 2.36. The lowest BCUT2D eigenvalue weighted by molar-refractivity contribution is 0.0915. The van der Waals surface area contributed by atoms with Gasteiger partial charge in [0, 0.05) is 30.9 Å². The number of aromatic nitrogens is 1. The predicted octanol–water partition coefficient (Wildman–Crippen LogP) is 2.18. The Labute approximate surface area is 121 Å². The number of pyridine rings is 1. The third-order valence-electron chi connectivity index (χ3n) is 3.39. The summed E-state index contributed by atoms with van der Waals surface area (Å²) in [6.07, 6.45) is 4.75. The van der Waals surface area contributed by atoms with Crippen LogP contribution in [0.2, 0.25) is 0 Å². The van der Waals surface area contributed by atoms with Crippen LogP contribution in [0.1, 0.15) is 29.6 Å². The topological polar surface area (TPSA) is 63.2 Å². The van der Waals surface area contributed by atoms with E-state index in [1.165, 1.54) is 0 Å². The number of ether oxygens (including phenoxy) is 1. The molecule has 1 fully saturated rings. The van der Waals surface area contributed by atoms with Crippen molar-refractivity contribution in [2.24, 2.45) is 0 Å². The Morgan fingerprint density at radius 1 is 1.53 bits per heavy atom. The lowest BCUT2D eigenvalue weighted by Gasteiger charge is -2.14. The molecule has 0 saturated heterocycles. The molecule has 1 saturated carbocycles. The van der Waals surface area contributed by atoms with Crippen LogP contribution in [0.5, 0.6) is 0 Å². The molecule has 1 heterocycles. The molecule has 2 rings (SSSR count). The molecule has 2 atom stereocenters. The first kappa shape index (κ1) is 14.3. The minimum absolute atomic E-state index is 0.0973. The van der Waals surface area contributed by atoms with Crippen LogP contribution in [0.4, 0.5) is 5.82 Å². The number of hydrogen-bond acceptors (Lipinski definition) is 4. The SMILES string of the molecule is CNc1ncc(Br)cc1C(=O)NC1CCC(OC)C1. The molecule has 2 N–H and O–H groups in total. The van der Waals surface area contributed by atoms with Crippen LogP contribution in [-0.2, 0) is 4.74 Å². The number of nitrogens with zero attached hydrogens (tertiary/aromatic N) is 1. The number of amides is 1. The van der Waals surface area contributed by atoms with Gasteiger partial charge in [-0.15, -0.1) is 0 Å². The van der Waals surface area contributed by atoms with Crippen molar-refractivity contribution in [3.8, 4) is 0 Å². The van der Waals surface area contributed by atoms with Crippen molar-refractivity contribution in [2.45, 2.75) is 31.4 Å². The summed E-state index contributed by atoms with van der Waals surface area (Å²) in [6, 6.07) is 1.96. The van der Waals surface area contributed by atoms with E-state index in [1.807, 2.05) is 0 Å². The number of rotatable bonds is 4. The number of nitrogens with one attached hydrogen (secondary N) is 2. The van der Waals surface area contributed by atoms with Gasteiger partial charge in [-0.2, -0.15) is 0 Å². The summed E-state index contributed by atoms with van der Waals surface area (Å²) in [6.45, 7) is 0. The number of anilines is 1. The first-order valence-electron chi connectivity index (χ1n) is 6.31. The van der Waals surface area contributed by atoms with E-state index in [0.717, 1.165) is 23.7 Å². The van der Waals surface area contributed by atoms with Crippen LogP contribution >= 0.6 is 15.9 Å². The maximum atomic E-state index is 12.3. The van der Waals surface area contributed by atoms with E-state index in [1.54, 1.807) is 26.4 Å². The molecule has 1 aromatic rings. The fraction of sp³-hybridized carbons (Fsp3) is 0.538. The summed E-state index contributed by atoms with van der Waals surface area (Å²) >= 11 is 3.34. The van der Waals surface area contributed by atoms with Gasteiger partial charge in [0.1, 0.15) is 5.82 Å². The van der Waals surface area contributed by atoms with E-state index in [-0.39, 0.29) is 18.1 Å². The molecule has 104 valence electrons.